The van der Waals surface area contributed by atoms with Crippen molar-refractivity contribution in [2.75, 3.05) is 6.61 Å². The van der Waals surface area contributed by atoms with E-state index in [1.165, 1.54) is 128 Å². The fraction of sp³-hybridized carbons (Fsp3) is 0.844. The number of hydrogen-bond acceptors (Lipinski definition) is 5. The summed E-state index contributed by atoms with van der Waals surface area (Å²) in [4.78, 5) is 12.4. The van der Waals surface area contributed by atoms with Crippen LogP contribution in [0.25, 0.3) is 0 Å². The Labute approximate surface area is 316 Å². The van der Waals surface area contributed by atoms with Gasteiger partial charge in [0.1, 0.15) is 12.2 Å². The van der Waals surface area contributed by atoms with Gasteiger partial charge in [0.25, 0.3) is 0 Å². The summed E-state index contributed by atoms with van der Waals surface area (Å²) < 4.78 is 0. The van der Waals surface area contributed by atoms with E-state index in [1.807, 2.05) is 0 Å². The number of amides is 1. The van der Waals surface area contributed by atoms with E-state index in [9.17, 15) is 25.2 Å². The second kappa shape index (κ2) is 39.7. The smallest absolute Gasteiger partial charge is 0.249 e. The molecule has 1 amide bonds. The Kier molecular flexibility index (Phi) is 38.6. The molecule has 0 aliphatic carbocycles. The normalized spacial score (nSPS) is 14.5. The first-order chi connectivity index (χ1) is 25.0. The molecule has 0 aromatic rings. The predicted octanol–water partition coefficient (Wildman–Crippen LogP) is 11.3. The number of carbonyl (C=O) groups is 1. The SMILES string of the molecule is CCCCCCCCCCCCCC/C=C/CC/C=C/CC/C=C/CCCC(O)C(O)C(CO)NC(=O)C(O)CCCCCCCCCCCC. The number of rotatable bonds is 39. The minimum Gasteiger partial charge on any atom is -0.394 e. The van der Waals surface area contributed by atoms with Crippen LogP contribution in [0.1, 0.15) is 213 Å². The van der Waals surface area contributed by atoms with Gasteiger partial charge >= 0.3 is 0 Å². The summed E-state index contributed by atoms with van der Waals surface area (Å²) in [7, 11) is 0. The molecule has 0 aliphatic rings. The van der Waals surface area contributed by atoms with Crippen molar-refractivity contribution in [3.8, 4) is 0 Å². The molecular formula is C45H85NO5. The maximum absolute atomic E-state index is 12.4. The number of carbonyl (C=O) groups excluding carboxylic acids is 1. The van der Waals surface area contributed by atoms with Crippen LogP contribution in [-0.4, -0.2) is 57.3 Å². The number of allylic oxidation sites excluding steroid dienone is 6. The highest BCUT2D eigenvalue weighted by molar-refractivity contribution is 5.80. The van der Waals surface area contributed by atoms with Crippen LogP contribution < -0.4 is 5.32 Å². The summed E-state index contributed by atoms with van der Waals surface area (Å²) in [6, 6.07) is -1.01. The molecule has 0 spiro atoms. The standard InChI is InChI=1S/C45H85NO5/c1-3-5-7-9-11-13-15-16-17-18-19-20-21-22-23-24-25-26-27-28-29-31-32-34-36-38-42(48)44(50)41(40-47)46-45(51)43(49)39-37-35-33-30-14-12-10-8-6-4-2/h22-23,26-27,31-32,41-44,47-50H,3-21,24-25,28-30,33-40H2,1-2H3,(H,46,51)/b23-22+,27-26+,32-31+. The molecule has 4 atom stereocenters. The van der Waals surface area contributed by atoms with E-state index >= 15 is 0 Å². The molecule has 0 aromatic heterocycles. The van der Waals surface area contributed by atoms with E-state index in [4.69, 9.17) is 0 Å². The van der Waals surface area contributed by atoms with Crippen molar-refractivity contribution in [2.24, 2.45) is 0 Å². The second-order valence-electron chi connectivity index (χ2n) is 15.0. The molecule has 6 nitrogen and oxygen atoms in total. The zero-order valence-electron chi connectivity index (χ0n) is 33.6. The number of hydrogen-bond donors (Lipinski definition) is 5. The van der Waals surface area contributed by atoms with Crippen molar-refractivity contribution in [3.05, 3.63) is 36.5 Å². The van der Waals surface area contributed by atoms with E-state index in [0.717, 1.165) is 51.4 Å². The van der Waals surface area contributed by atoms with E-state index < -0.39 is 36.9 Å². The highest BCUT2D eigenvalue weighted by Crippen LogP contribution is 2.15. The first kappa shape index (κ1) is 49.5. The molecule has 5 N–H and O–H groups in total. The Hall–Kier alpha value is -1.47. The van der Waals surface area contributed by atoms with Gasteiger partial charge in [-0.3, -0.25) is 4.79 Å². The minimum absolute atomic E-state index is 0.359. The summed E-state index contributed by atoms with van der Waals surface area (Å²) in [5, 5.41) is 43.5. The average Bonchev–Trinajstić information content (AvgIpc) is 3.13. The van der Waals surface area contributed by atoms with Crippen molar-refractivity contribution in [3.63, 3.8) is 0 Å². The van der Waals surface area contributed by atoms with Crippen LogP contribution in [0.5, 0.6) is 0 Å². The first-order valence-corrected chi connectivity index (χ1v) is 21.9. The van der Waals surface area contributed by atoms with Gasteiger partial charge in [0.05, 0.1) is 18.8 Å². The van der Waals surface area contributed by atoms with Gasteiger partial charge in [-0.25, -0.2) is 0 Å². The van der Waals surface area contributed by atoms with Crippen LogP contribution in [0.3, 0.4) is 0 Å². The fourth-order valence-electron chi connectivity index (χ4n) is 6.55. The van der Waals surface area contributed by atoms with E-state index in [-0.39, 0.29) is 0 Å². The maximum atomic E-state index is 12.4. The highest BCUT2D eigenvalue weighted by Gasteiger charge is 2.28. The Morgan fingerprint density at radius 1 is 0.471 bits per heavy atom. The molecule has 300 valence electrons. The highest BCUT2D eigenvalue weighted by atomic mass is 16.3. The predicted molar refractivity (Wildman–Crippen MR) is 219 cm³/mol. The van der Waals surface area contributed by atoms with Gasteiger partial charge in [-0.15, -0.1) is 0 Å². The lowest BCUT2D eigenvalue weighted by Gasteiger charge is -2.27. The third kappa shape index (κ3) is 34.1. The van der Waals surface area contributed by atoms with E-state index in [1.54, 1.807) is 0 Å². The zero-order chi connectivity index (χ0) is 37.5. The summed E-state index contributed by atoms with van der Waals surface area (Å²) >= 11 is 0. The van der Waals surface area contributed by atoms with Crippen molar-refractivity contribution >= 4 is 5.91 Å². The third-order valence-electron chi connectivity index (χ3n) is 10.1. The third-order valence-corrected chi connectivity index (χ3v) is 10.1. The van der Waals surface area contributed by atoms with Crippen molar-refractivity contribution in [2.45, 2.75) is 237 Å². The van der Waals surface area contributed by atoms with Crippen molar-refractivity contribution < 1.29 is 25.2 Å². The number of aliphatic hydroxyl groups is 4. The van der Waals surface area contributed by atoms with Crippen LogP contribution >= 0.6 is 0 Å². The molecule has 0 aliphatic heterocycles. The van der Waals surface area contributed by atoms with E-state index in [2.05, 4.69) is 55.6 Å². The number of unbranched alkanes of at least 4 members (excludes halogenated alkanes) is 24. The Balaban J connectivity index is 3.78. The molecule has 6 heteroatoms. The molecule has 0 radical (unpaired) electrons. The van der Waals surface area contributed by atoms with Gasteiger partial charge in [0.15, 0.2) is 0 Å². The molecule has 0 bridgehead atoms. The average molecular weight is 720 g/mol. The fourth-order valence-corrected chi connectivity index (χ4v) is 6.55. The summed E-state index contributed by atoms with van der Waals surface area (Å²) in [5.74, 6) is -0.602. The zero-order valence-corrected chi connectivity index (χ0v) is 33.6. The first-order valence-electron chi connectivity index (χ1n) is 21.9. The summed E-state index contributed by atoms with van der Waals surface area (Å²) in [6.07, 6.45) is 46.2. The summed E-state index contributed by atoms with van der Waals surface area (Å²) in [5.41, 5.74) is 0. The largest absolute Gasteiger partial charge is 0.394 e. The van der Waals surface area contributed by atoms with Crippen LogP contribution in [0.2, 0.25) is 0 Å². The number of aliphatic hydroxyl groups excluding tert-OH is 4. The molecule has 0 saturated heterocycles. The van der Waals surface area contributed by atoms with Gasteiger partial charge in [0, 0.05) is 0 Å². The lowest BCUT2D eigenvalue weighted by molar-refractivity contribution is -0.132. The second-order valence-corrected chi connectivity index (χ2v) is 15.0. The topological polar surface area (TPSA) is 110 Å². The molecule has 0 heterocycles. The van der Waals surface area contributed by atoms with Gasteiger partial charge in [-0.1, -0.05) is 185 Å². The van der Waals surface area contributed by atoms with Crippen LogP contribution in [0.4, 0.5) is 0 Å². The monoisotopic (exact) mass is 720 g/mol. The van der Waals surface area contributed by atoms with Gasteiger partial charge in [0.2, 0.25) is 5.91 Å². The van der Waals surface area contributed by atoms with Crippen LogP contribution in [0.15, 0.2) is 36.5 Å². The van der Waals surface area contributed by atoms with Gasteiger partial charge < -0.3 is 25.7 Å². The van der Waals surface area contributed by atoms with Crippen LogP contribution in [0, 0.1) is 0 Å². The van der Waals surface area contributed by atoms with Crippen molar-refractivity contribution in [1.82, 2.24) is 5.32 Å². The summed E-state index contributed by atoms with van der Waals surface area (Å²) in [6.45, 7) is 4.01. The quantitative estimate of drug-likeness (QED) is 0.0321. The molecule has 0 saturated carbocycles. The lowest BCUT2D eigenvalue weighted by atomic mass is 10.00. The Morgan fingerprint density at radius 2 is 0.824 bits per heavy atom. The van der Waals surface area contributed by atoms with Crippen molar-refractivity contribution in [1.29, 1.82) is 0 Å². The molecular weight excluding hydrogens is 634 g/mol. The lowest BCUT2D eigenvalue weighted by Crippen LogP contribution is -2.53. The van der Waals surface area contributed by atoms with E-state index in [0.29, 0.717) is 19.3 Å². The molecule has 0 rings (SSSR count). The Bertz CT molecular complexity index is 812. The molecule has 4 unspecified atom stereocenters. The minimum atomic E-state index is -1.29. The van der Waals surface area contributed by atoms with Crippen LogP contribution in [-0.2, 0) is 4.79 Å². The maximum Gasteiger partial charge on any atom is 0.249 e. The van der Waals surface area contributed by atoms with Gasteiger partial charge in [-0.05, 0) is 64.2 Å². The molecule has 51 heavy (non-hydrogen) atoms. The number of nitrogens with one attached hydrogen (secondary N) is 1. The Morgan fingerprint density at radius 3 is 1.24 bits per heavy atom. The molecule has 0 fully saturated rings. The van der Waals surface area contributed by atoms with Gasteiger partial charge in [-0.2, -0.15) is 0 Å². The molecule has 0 aromatic carbocycles.